The lowest BCUT2D eigenvalue weighted by atomic mass is 10.2. The number of nitrogens with zero attached hydrogens (tertiary/aromatic N) is 2. The Morgan fingerprint density at radius 3 is 2.67 bits per heavy atom. The third-order valence-corrected chi connectivity index (χ3v) is 4.32. The minimum atomic E-state index is 0.628. The predicted molar refractivity (Wildman–Crippen MR) is 89.4 cm³/mol. The van der Waals surface area contributed by atoms with Gasteiger partial charge in [0.25, 0.3) is 0 Å². The van der Waals surface area contributed by atoms with Crippen molar-refractivity contribution in [2.24, 2.45) is 0 Å². The quantitative estimate of drug-likeness (QED) is 0.833. The highest BCUT2D eigenvalue weighted by molar-refractivity contribution is 5.51. The Morgan fingerprint density at radius 1 is 1.24 bits per heavy atom. The highest BCUT2D eigenvalue weighted by atomic mass is 16.5. The van der Waals surface area contributed by atoms with E-state index in [0.717, 1.165) is 45.0 Å². The van der Waals surface area contributed by atoms with Crippen LogP contribution in [0.1, 0.15) is 20.3 Å². The molecule has 1 unspecified atom stereocenters. The molecule has 0 aliphatic carbocycles. The molecule has 2 rings (SSSR count). The molecule has 1 saturated heterocycles. The van der Waals surface area contributed by atoms with Gasteiger partial charge in [0, 0.05) is 57.1 Å². The van der Waals surface area contributed by atoms with Gasteiger partial charge in [-0.2, -0.15) is 0 Å². The normalized spacial score (nSPS) is 17.8. The van der Waals surface area contributed by atoms with Crippen LogP contribution in [0.3, 0.4) is 0 Å². The van der Waals surface area contributed by atoms with Gasteiger partial charge in [0.2, 0.25) is 0 Å². The fraction of sp³-hybridized carbons (Fsp3) is 0.647. The maximum Gasteiger partial charge on any atom is 0.120 e. The molecule has 118 valence electrons. The average molecular weight is 291 g/mol. The number of benzene rings is 1. The second kappa shape index (κ2) is 8.25. The van der Waals surface area contributed by atoms with Gasteiger partial charge >= 0.3 is 0 Å². The molecular weight excluding hydrogens is 262 g/mol. The summed E-state index contributed by atoms with van der Waals surface area (Å²) in [6.45, 7) is 11.2. The van der Waals surface area contributed by atoms with Crippen LogP contribution in [0.25, 0.3) is 0 Å². The number of ether oxygens (including phenoxy) is 1. The van der Waals surface area contributed by atoms with E-state index in [1.54, 1.807) is 7.11 Å². The topological polar surface area (TPSA) is 27.7 Å². The standard InChI is InChI=1S/C17H29N3O/c1-4-15(2)18-8-9-19-10-12-20(13-11-19)16-6-5-7-17(14-16)21-3/h5-7,14-15,18H,4,8-13H2,1-3H3. The smallest absolute Gasteiger partial charge is 0.120 e. The second-order valence-electron chi connectivity index (χ2n) is 5.79. The SMILES string of the molecule is CCC(C)NCCN1CCN(c2cccc(OC)c2)CC1. The molecule has 1 aromatic rings. The average Bonchev–Trinajstić information content (AvgIpc) is 2.55. The van der Waals surface area contributed by atoms with Crippen LogP contribution in [0.5, 0.6) is 5.75 Å². The summed E-state index contributed by atoms with van der Waals surface area (Å²) in [6, 6.07) is 8.99. The summed E-state index contributed by atoms with van der Waals surface area (Å²) in [5.41, 5.74) is 1.27. The lowest BCUT2D eigenvalue weighted by Crippen LogP contribution is -2.48. The molecule has 0 saturated carbocycles. The third-order valence-electron chi connectivity index (χ3n) is 4.32. The van der Waals surface area contributed by atoms with E-state index in [1.807, 2.05) is 6.07 Å². The number of piperazine rings is 1. The van der Waals surface area contributed by atoms with Gasteiger partial charge in [-0.05, 0) is 25.5 Å². The largest absolute Gasteiger partial charge is 0.497 e. The molecule has 0 radical (unpaired) electrons. The van der Waals surface area contributed by atoms with Crippen molar-refractivity contribution in [3.05, 3.63) is 24.3 Å². The van der Waals surface area contributed by atoms with E-state index in [4.69, 9.17) is 4.74 Å². The minimum Gasteiger partial charge on any atom is -0.497 e. The van der Waals surface area contributed by atoms with E-state index in [-0.39, 0.29) is 0 Å². The zero-order valence-electron chi connectivity index (χ0n) is 13.6. The first-order valence-electron chi connectivity index (χ1n) is 8.07. The minimum absolute atomic E-state index is 0.628. The van der Waals surface area contributed by atoms with Crippen LogP contribution < -0.4 is 15.0 Å². The van der Waals surface area contributed by atoms with E-state index in [2.05, 4.69) is 47.2 Å². The molecule has 1 N–H and O–H groups in total. The fourth-order valence-corrected chi connectivity index (χ4v) is 2.65. The molecule has 1 atom stereocenters. The van der Waals surface area contributed by atoms with Crippen molar-refractivity contribution in [1.82, 2.24) is 10.2 Å². The molecule has 1 aliphatic heterocycles. The number of hydrogen-bond donors (Lipinski definition) is 1. The first-order chi connectivity index (χ1) is 10.2. The molecule has 0 aromatic heterocycles. The van der Waals surface area contributed by atoms with E-state index in [9.17, 15) is 0 Å². The van der Waals surface area contributed by atoms with Crippen molar-refractivity contribution in [2.75, 3.05) is 51.3 Å². The van der Waals surface area contributed by atoms with Gasteiger partial charge in [-0.1, -0.05) is 13.0 Å². The summed E-state index contributed by atoms with van der Waals surface area (Å²) in [7, 11) is 1.72. The van der Waals surface area contributed by atoms with Crippen molar-refractivity contribution in [3.8, 4) is 5.75 Å². The fourth-order valence-electron chi connectivity index (χ4n) is 2.65. The maximum absolute atomic E-state index is 5.31. The molecule has 1 fully saturated rings. The lowest BCUT2D eigenvalue weighted by molar-refractivity contribution is 0.254. The van der Waals surface area contributed by atoms with E-state index in [0.29, 0.717) is 6.04 Å². The summed E-state index contributed by atoms with van der Waals surface area (Å²) < 4.78 is 5.31. The number of nitrogens with one attached hydrogen (secondary N) is 1. The van der Waals surface area contributed by atoms with Crippen molar-refractivity contribution >= 4 is 5.69 Å². The van der Waals surface area contributed by atoms with E-state index >= 15 is 0 Å². The Hall–Kier alpha value is -1.26. The van der Waals surface area contributed by atoms with Crippen molar-refractivity contribution in [3.63, 3.8) is 0 Å². The van der Waals surface area contributed by atoms with Gasteiger partial charge in [-0.15, -0.1) is 0 Å². The van der Waals surface area contributed by atoms with Gasteiger partial charge in [0.05, 0.1) is 7.11 Å². The first-order valence-corrected chi connectivity index (χ1v) is 8.07. The molecule has 0 bridgehead atoms. The highest BCUT2D eigenvalue weighted by Crippen LogP contribution is 2.21. The molecule has 21 heavy (non-hydrogen) atoms. The van der Waals surface area contributed by atoms with Crippen molar-refractivity contribution < 1.29 is 4.74 Å². The Kier molecular flexibility index (Phi) is 6.33. The molecule has 1 aromatic carbocycles. The number of anilines is 1. The third kappa shape index (κ3) is 4.90. The van der Waals surface area contributed by atoms with Crippen LogP contribution >= 0.6 is 0 Å². The van der Waals surface area contributed by atoms with Crippen molar-refractivity contribution in [1.29, 1.82) is 0 Å². The zero-order chi connectivity index (χ0) is 15.1. The van der Waals surface area contributed by atoms with Crippen LogP contribution in [0.2, 0.25) is 0 Å². The summed E-state index contributed by atoms with van der Waals surface area (Å²) in [6.07, 6.45) is 1.20. The first kappa shape index (κ1) is 16.1. The summed E-state index contributed by atoms with van der Waals surface area (Å²) in [4.78, 5) is 4.99. The van der Waals surface area contributed by atoms with Gasteiger partial charge in [-0.25, -0.2) is 0 Å². The van der Waals surface area contributed by atoms with Gasteiger partial charge in [0.1, 0.15) is 5.75 Å². The Balaban J connectivity index is 1.75. The summed E-state index contributed by atoms with van der Waals surface area (Å²) in [5.74, 6) is 0.938. The van der Waals surface area contributed by atoms with Crippen LogP contribution in [0.15, 0.2) is 24.3 Å². The van der Waals surface area contributed by atoms with Crippen molar-refractivity contribution in [2.45, 2.75) is 26.3 Å². The molecule has 1 heterocycles. The van der Waals surface area contributed by atoms with Crippen LogP contribution in [0.4, 0.5) is 5.69 Å². The zero-order valence-corrected chi connectivity index (χ0v) is 13.6. The lowest BCUT2D eigenvalue weighted by Gasteiger charge is -2.36. The Morgan fingerprint density at radius 2 is 2.00 bits per heavy atom. The number of hydrogen-bond acceptors (Lipinski definition) is 4. The van der Waals surface area contributed by atoms with Gasteiger partial charge in [-0.3, -0.25) is 4.90 Å². The van der Waals surface area contributed by atoms with Crippen LogP contribution in [-0.2, 0) is 0 Å². The summed E-state index contributed by atoms with van der Waals surface area (Å²) in [5, 5.41) is 3.57. The molecule has 0 spiro atoms. The highest BCUT2D eigenvalue weighted by Gasteiger charge is 2.17. The maximum atomic E-state index is 5.31. The number of methoxy groups -OCH3 is 1. The molecule has 0 amide bonds. The Labute approximate surface area is 129 Å². The second-order valence-corrected chi connectivity index (χ2v) is 5.79. The molecular formula is C17H29N3O. The summed E-state index contributed by atoms with van der Waals surface area (Å²) >= 11 is 0. The van der Waals surface area contributed by atoms with E-state index < -0.39 is 0 Å². The molecule has 4 nitrogen and oxygen atoms in total. The predicted octanol–water partition coefficient (Wildman–Crippen LogP) is 2.21. The molecule has 4 heteroatoms. The van der Waals surface area contributed by atoms with E-state index in [1.165, 1.54) is 12.1 Å². The molecule has 1 aliphatic rings. The van der Waals surface area contributed by atoms with Crippen LogP contribution in [-0.4, -0.2) is 57.3 Å². The van der Waals surface area contributed by atoms with Crippen LogP contribution in [0, 0.1) is 0 Å². The Bertz CT molecular complexity index is 416. The van der Waals surface area contributed by atoms with Gasteiger partial charge in [0.15, 0.2) is 0 Å². The van der Waals surface area contributed by atoms with Gasteiger partial charge < -0.3 is 15.0 Å². The number of rotatable bonds is 7. The monoisotopic (exact) mass is 291 g/mol.